The highest BCUT2D eigenvalue weighted by Gasteiger charge is 2.10. The molecule has 0 rings (SSSR count). The van der Waals surface area contributed by atoms with Gasteiger partial charge in [0, 0.05) is 12.7 Å². The molecule has 0 aliphatic carbocycles. The van der Waals surface area contributed by atoms with Gasteiger partial charge >= 0.3 is 0 Å². The molecule has 0 aromatic carbocycles. The van der Waals surface area contributed by atoms with E-state index in [2.05, 4.69) is 6.58 Å². The molecular weight excluding hydrogens is 190 g/mol. The lowest BCUT2D eigenvalue weighted by Crippen LogP contribution is -2.23. The van der Waals surface area contributed by atoms with Gasteiger partial charge in [-0.15, -0.1) is 0 Å². The Morgan fingerprint density at radius 1 is 1.54 bits per heavy atom. The van der Waals surface area contributed by atoms with Crippen molar-refractivity contribution in [1.82, 2.24) is 4.31 Å². The molecule has 0 unspecified atom stereocenters. The predicted molar refractivity (Wildman–Crippen MR) is 52.5 cm³/mol. The van der Waals surface area contributed by atoms with Crippen molar-refractivity contribution < 1.29 is 13.2 Å². The topological polar surface area (TPSA) is 46.6 Å². The minimum atomic E-state index is -3.22. The van der Waals surface area contributed by atoms with Crippen molar-refractivity contribution in [2.45, 2.75) is 6.92 Å². The summed E-state index contributed by atoms with van der Waals surface area (Å²) in [4.78, 5) is 0. The fraction of sp³-hybridized carbons (Fsp3) is 0.500. The van der Waals surface area contributed by atoms with Crippen molar-refractivity contribution in [2.75, 3.05) is 20.4 Å². The zero-order valence-electron chi connectivity index (χ0n) is 8.36. The van der Waals surface area contributed by atoms with Gasteiger partial charge in [-0.3, -0.25) is 4.31 Å². The molecule has 76 valence electrons. The quantitative estimate of drug-likeness (QED) is 0.507. The van der Waals surface area contributed by atoms with E-state index in [1.165, 1.54) is 14.2 Å². The largest absolute Gasteiger partial charge is 0.501 e. The van der Waals surface area contributed by atoms with E-state index in [-0.39, 0.29) is 0 Å². The molecule has 5 heteroatoms. The summed E-state index contributed by atoms with van der Waals surface area (Å²) >= 11 is 0. The fourth-order valence-corrected chi connectivity index (χ4v) is 1.08. The normalized spacial score (nSPS) is 12.5. The molecule has 0 amide bonds. The molecule has 0 aliphatic rings. The Balaban J connectivity index is 4.65. The summed E-state index contributed by atoms with van der Waals surface area (Å²) in [5.74, 6) is 0.612. The van der Waals surface area contributed by atoms with Crippen LogP contribution in [0.4, 0.5) is 0 Å². The third kappa shape index (κ3) is 3.98. The maximum Gasteiger partial charge on any atom is 0.231 e. The Hall–Kier alpha value is -0.970. The molecule has 0 saturated heterocycles. The van der Waals surface area contributed by atoms with Crippen molar-refractivity contribution >= 4 is 10.0 Å². The molecule has 0 bridgehead atoms. The van der Waals surface area contributed by atoms with Gasteiger partial charge < -0.3 is 4.74 Å². The minimum absolute atomic E-state index is 0.377. The van der Waals surface area contributed by atoms with Crippen LogP contribution in [-0.4, -0.2) is 33.1 Å². The standard InChI is InChI=1S/C8H15NO3S/c1-7(6-8(2)12-4)9(3)13(5,10)11/h6H,1H2,2-5H3/b8-6+. The van der Waals surface area contributed by atoms with Crippen LogP contribution in [0.2, 0.25) is 0 Å². The summed E-state index contributed by atoms with van der Waals surface area (Å²) in [5, 5.41) is 0. The molecule has 0 spiro atoms. The van der Waals surface area contributed by atoms with Crippen molar-refractivity contribution in [3.63, 3.8) is 0 Å². The first-order chi connectivity index (χ1) is 5.79. The van der Waals surface area contributed by atoms with Gasteiger partial charge in [-0.05, 0) is 13.0 Å². The van der Waals surface area contributed by atoms with Gasteiger partial charge in [0.25, 0.3) is 0 Å². The van der Waals surface area contributed by atoms with E-state index < -0.39 is 10.0 Å². The molecule has 0 atom stereocenters. The van der Waals surface area contributed by atoms with Gasteiger partial charge in [-0.1, -0.05) is 6.58 Å². The van der Waals surface area contributed by atoms with Crippen LogP contribution in [0.1, 0.15) is 6.92 Å². The molecule has 0 saturated carbocycles. The number of methoxy groups -OCH3 is 1. The molecule has 0 aliphatic heterocycles. The average Bonchev–Trinajstić information content (AvgIpc) is 2.01. The fourth-order valence-electron chi connectivity index (χ4n) is 0.597. The van der Waals surface area contributed by atoms with Crippen molar-refractivity contribution in [2.24, 2.45) is 0 Å². The number of hydrogen-bond donors (Lipinski definition) is 0. The third-order valence-electron chi connectivity index (χ3n) is 1.59. The van der Waals surface area contributed by atoms with Crippen LogP contribution in [0.3, 0.4) is 0 Å². The Kier molecular flexibility index (Phi) is 4.00. The lowest BCUT2D eigenvalue weighted by Gasteiger charge is -2.16. The Labute approximate surface area is 79.5 Å². The zero-order chi connectivity index (χ0) is 10.6. The average molecular weight is 205 g/mol. The van der Waals surface area contributed by atoms with Crippen LogP contribution in [0.15, 0.2) is 24.1 Å². The molecule has 0 radical (unpaired) electrons. The first kappa shape index (κ1) is 12.0. The second kappa shape index (κ2) is 4.32. The van der Waals surface area contributed by atoms with Crippen LogP contribution in [0.25, 0.3) is 0 Å². The highest BCUT2D eigenvalue weighted by atomic mass is 32.2. The summed E-state index contributed by atoms with van der Waals surface area (Å²) in [7, 11) is -0.267. The molecule has 4 nitrogen and oxygen atoms in total. The minimum Gasteiger partial charge on any atom is -0.501 e. The summed E-state index contributed by atoms with van der Waals surface area (Å²) < 4.78 is 28.0. The third-order valence-corrected chi connectivity index (χ3v) is 2.82. The predicted octanol–water partition coefficient (Wildman–Crippen LogP) is 0.942. The maximum atomic E-state index is 11.0. The number of rotatable bonds is 4. The summed E-state index contributed by atoms with van der Waals surface area (Å²) in [6.07, 6.45) is 2.68. The molecule has 0 fully saturated rings. The molecule has 0 aromatic heterocycles. The van der Waals surface area contributed by atoms with Crippen LogP contribution in [0.5, 0.6) is 0 Å². The maximum absolute atomic E-state index is 11.0. The van der Waals surface area contributed by atoms with E-state index in [9.17, 15) is 8.42 Å². The molecule has 0 heterocycles. The van der Waals surface area contributed by atoms with Gasteiger partial charge in [-0.2, -0.15) is 0 Å². The van der Waals surface area contributed by atoms with Crippen LogP contribution in [-0.2, 0) is 14.8 Å². The van der Waals surface area contributed by atoms with E-state index >= 15 is 0 Å². The van der Waals surface area contributed by atoms with Gasteiger partial charge in [-0.25, -0.2) is 8.42 Å². The number of ether oxygens (including phenoxy) is 1. The van der Waals surface area contributed by atoms with Crippen LogP contribution >= 0.6 is 0 Å². The van der Waals surface area contributed by atoms with Gasteiger partial charge in [0.05, 0.1) is 19.1 Å². The lowest BCUT2D eigenvalue weighted by molar-refractivity contribution is 0.292. The smallest absolute Gasteiger partial charge is 0.231 e. The highest BCUT2D eigenvalue weighted by Crippen LogP contribution is 2.08. The van der Waals surface area contributed by atoms with E-state index in [0.29, 0.717) is 11.5 Å². The number of likely N-dealkylation sites (N-methyl/N-ethyl adjacent to an activating group) is 1. The Morgan fingerprint density at radius 2 is 2.00 bits per heavy atom. The van der Waals surface area contributed by atoms with Crippen LogP contribution < -0.4 is 0 Å². The Morgan fingerprint density at radius 3 is 2.31 bits per heavy atom. The van der Waals surface area contributed by atoms with Crippen molar-refractivity contribution in [1.29, 1.82) is 0 Å². The van der Waals surface area contributed by atoms with Crippen LogP contribution in [0, 0.1) is 0 Å². The van der Waals surface area contributed by atoms with E-state index in [0.717, 1.165) is 10.6 Å². The molecule has 13 heavy (non-hydrogen) atoms. The zero-order valence-corrected chi connectivity index (χ0v) is 9.18. The monoisotopic (exact) mass is 205 g/mol. The van der Waals surface area contributed by atoms with Gasteiger partial charge in [0.15, 0.2) is 0 Å². The second-order valence-electron chi connectivity index (χ2n) is 2.68. The summed E-state index contributed by atoms with van der Waals surface area (Å²) in [6, 6.07) is 0. The first-order valence-corrected chi connectivity index (χ1v) is 5.49. The number of hydrogen-bond acceptors (Lipinski definition) is 3. The number of sulfonamides is 1. The highest BCUT2D eigenvalue weighted by molar-refractivity contribution is 7.88. The van der Waals surface area contributed by atoms with E-state index in [1.54, 1.807) is 13.0 Å². The van der Waals surface area contributed by atoms with Gasteiger partial charge in [0.2, 0.25) is 10.0 Å². The SMILES string of the molecule is C=C(/C=C(\C)OC)N(C)S(C)(=O)=O. The number of allylic oxidation sites excluding steroid dienone is 2. The van der Waals surface area contributed by atoms with Crippen molar-refractivity contribution in [3.05, 3.63) is 24.1 Å². The van der Waals surface area contributed by atoms with E-state index in [1.807, 2.05) is 0 Å². The number of nitrogens with zero attached hydrogens (tertiary/aromatic N) is 1. The molecular formula is C8H15NO3S. The summed E-state index contributed by atoms with van der Waals surface area (Å²) in [6.45, 7) is 5.32. The molecule has 0 aromatic rings. The Bertz CT molecular complexity index is 316. The first-order valence-electron chi connectivity index (χ1n) is 3.64. The van der Waals surface area contributed by atoms with E-state index in [4.69, 9.17) is 4.74 Å². The van der Waals surface area contributed by atoms with Gasteiger partial charge in [0.1, 0.15) is 0 Å². The summed E-state index contributed by atoms with van der Waals surface area (Å²) in [5.41, 5.74) is 0.377. The lowest BCUT2D eigenvalue weighted by atomic mass is 10.4. The molecule has 0 N–H and O–H groups in total. The van der Waals surface area contributed by atoms with Crippen molar-refractivity contribution in [3.8, 4) is 0 Å². The second-order valence-corrected chi connectivity index (χ2v) is 4.69.